The maximum absolute atomic E-state index is 6.23. The summed E-state index contributed by atoms with van der Waals surface area (Å²) in [6.07, 6.45) is 0.792. The maximum atomic E-state index is 6.23. The van der Waals surface area contributed by atoms with Crippen LogP contribution in [0.5, 0.6) is 5.75 Å². The van der Waals surface area contributed by atoms with Gasteiger partial charge in [-0.05, 0) is 30.7 Å². The number of hydrogen-bond acceptors (Lipinski definition) is 2. The molecule has 2 aromatic rings. The predicted molar refractivity (Wildman–Crippen MR) is 77.5 cm³/mol. The molecule has 2 aromatic carbocycles. The fourth-order valence-corrected chi connectivity index (χ4v) is 2.64. The number of ether oxygens (including phenoxy) is 1. The predicted octanol–water partition coefficient (Wildman–Crippen LogP) is 4.17. The van der Waals surface area contributed by atoms with E-state index in [4.69, 9.17) is 22.1 Å². The van der Waals surface area contributed by atoms with Crippen LogP contribution in [0.1, 0.15) is 35.3 Å². The summed E-state index contributed by atoms with van der Waals surface area (Å²) in [6.45, 7) is 2.08. The monoisotopic (exact) mass is 273 g/mol. The van der Waals surface area contributed by atoms with E-state index in [1.165, 1.54) is 11.1 Å². The second-order valence-electron chi connectivity index (χ2n) is 5.04. The number of fused-ring (bicyclic) bond motifs is 1. The molecule has 0 spiro atoms. The Bertz CT molecular complexity index is 594. The molecule has 2 atom stereocenters. The lowest BCUT2D eigenvalue weighted by Crippen LogP contribution is -2.24. The van der Waals surface area contributed by atoms with Crippen LogP contribution < -0.4 is 10.5 Å². The van der Waals surface area contributed by atoms with Gasteiger partial charge in [0.2, 0.25) is 0 Å². The van der Waals surface area contributed by atoms with Crippen molar-refractivity contribution in [2.75, 3.05) is 0 Å². The molecule has 1 heterocycles. The van der Waals surface area contributed by atoms with Crippen molar-refractivity contribution in [1.29, 1.82) is 0 Å². The molecular formula is C16H16ClNO. The molecule has 3 rings (SSSR count). The van der Waals surface area contributed by atoms with E-state index in [1.54, 1.807) is 0 Å². The fourth-order valence-electron chi connectivity index (χ4n) is 2.46. The molecule has 2 N–H and O–H groups in total. The van der Waals surface area contributed by atoms with Crippen molar-refractivity contribution in [2.24, 2.45) is 5.73 Å². The van der Waals surface area contributed by atoms with E-state index in [0.29, 0.717) is 5.02 Å². The third kappa shape index (κ3) is 2.46. The van der Waals surface area contributed by atoms with Crippen molar-refractivity contribution in [1.82, 2.24) is 0 Å². The summed E-state index contributed by atoms with van der Waals surface area (Å²) < 4.78 is 6.04. The van der Waals surface area contributed by atoms with Crippen molar-refractivity contribution in [3.63, 3.8) is 0 Å². The molecule has 0 fully saturated rings. The van der Waals surface area contributed by atoms with Crippen LogP contribution >= 0.6 is 11.6 Å². The minimum Gasteiger partial charge on any atom is -0.485 e. The number of nitrogens with two attached hydrogens (primary N) is 1. The minimum atomic E-state index is -0.0336. The number of rotatable bonds is 1. The van der Waals surface area contributed by atoms with E-state index < -0.39 is 0 Å². The molecular weight excluding hydrogens is 258 g/mol. The van der Waals surface area contributed by atoms with Crippen LogP contribution in [-0.2, 0) is 0 Å². The highest BCUT2D eigenvalue weighted by atomic mass is 35.5. The smallest absolute Gasteiger partial charge is 0.126 e. The van der Waals surface area contributed by atoms with Gasteiger partial charge in [0.25, 0.3) is 0 Å². The highest BCUT2D eigenvalue weighted by molar-refractivity contribution is 6.30. The Morgan fingerprint density at radius 2 is 1.89 bits per heavy atom. The van der Waals surface area contributed by atoms with Gasteiger partial charge in [-0.2, -0.15) is 0 Å². The molecule has 19 heavy (non-hydrogen) atoms. The van der Waals surface area contributed by atoms with E-state index >= 15 is 0 Å². The van der Waals surface area contributed by atoms with Gasteiger partial charge in [0, 0.05) is 23.0 Å². The summed E-state index contributed by atoms with van der Waals surface area (Å²) in [5.74, 6) is 0.841. The first-order valence-electron chi connectivity index (χ1n) is 6.42. The third-order valence-corrected chi connectivity index (χ3v) is 3.79. The summed E-state index contributed by atoms with van der Waals surface area (Å²) in [7, 11) is 0. The fraction of sp³-hybridized carbons (Fsp3) is 0.250. The van der Waals surface area contributed by atoms with Gasteiger partial charge in [0.1, 0.15) is 11.9 Å². The normalized spacial score (nSPS) is 21.6. The Kier molecular flexibility index (Phi) is 3.21. The molecule has 98 valence electrons. The van der Waals surface area contributed by atoms with Gasteiger partial charge in [-0.15, -0.1) is 0 Å². The SMILES string of the molecule is Cc1ccc(C2C[C@@H](N)c3cc(Cl)ccc3O2)cc1. The average molecular weight is 274 g/mol. The van der Waals surface area contributed by atoms with Gasteiger partial charge >= 0.3 is 0 Å². The molecule has 0 aromatic heterocycles. The zero-order valence-corrected chi connectivity index (χ0v) is 11.5. The first-order valence-corrected chi connectivity index (χ1v) is 6.79. The number of aryl methyl sites for hydroxylation is 1. The van der Waals surface area contributed by atoms with Crippen LogP contribution in [0.15, 0.2) is 42.5 Å². The van der Waals surface area contributed by atoms with Crippen molar-refractivity contribution in [3.8, 4) is 5.75 Å². The Hall–Kier alpha value is -1.51. The zero-order valence-electron chi connectivity index (χ0n) is 10.8. The van der Waals surface area contributed by atoms with Crippen LogP contribution in [0.4, 0.5) is 0 Å². The molecule has 0 radical (unpaired) electrons. The number of benzene rings is 2. The highest BCUT2D eigenvalue weighted by Gasteiger charge is 2.27. The standard InChI is InChI=1S/C16H16ClNO/c1-10-2-4-11(5-3-10)16-9-14(18)13-8-12(17)6-7-15(13)19-16/h2-8,14,16H,9,18H2,1H3/t14-,16?/m1/s1. The molecule has 1 unspecified atom stereocenters. The summed E-state index contributed by atoms with van der Waals surface area (Å²) in [6, 6.07) is 14.0. The van der Waals surface area contributed by atoms with Gasteiger partial charge < -0.3 is 10.5 Å². The van der Waals surface area contributed by atoms with Gasteiger partial charge in [0.15, 0.2) is 0 Å². The lowest BCUT2D eigenvalue weighted by Gasteiger charge is -2.30. The van der Waals surface area contributed by atoms with Gasteiger partial charge in [-0.25, -0.2) is 0 Å². The van der Waals surface area contributed by atoms with E-state index in [2.05, 4.69) is 31.2 Å². The summed E-state index contributed by atoms with van der Waals surface area (Å²) >= 11 is 6.00. The van der Waals surface area contributed by atoms with E-state index in [-0.39, 0.29) is 12.1 Å². The Morgan fingerprint density at radius 3 is 2.63 bits per heavy atom. The number of hydrogen-bond donors (Lipinski definition) is 1. The van der Waals surface area contributed by atoms with E-state index in [0.717, 1.165) is 17.7 Å². The van der Waals surface area contributed by atoms with Crippen molar-refractivity contribution >= 4 is 11.6 Å². The Labute approximate surface area is 118 Å². The summed E-state index contributed by atoms with van der Waals surface area (Å²) in [5, 5.41) is 0.701. The molecule has 0 aliphatic carbocycles. The van der Waals surface area contributed by atoms with Crippen LogP contribution in [-0.4, -0.2) is 0 Å². The van der Waals surface area contributed by atoms with Crippen LogP contribution in [0.3, 0.4) is 0 Å². The molecule has 0 saturated heterocycles. The Balaban J connectivity index is 1.92. The molecule has 2 nitrogen and oxygen atoms in total. The molecule has 3 heteroatoms. The Morgan fingerprint density at radius 1 is 1.16 bits per heavy atom. The summed E-state index contributed by atoms with van der Waals surface area (Å²) in [4.78, 5) is 0. The maximum Gasteiger partial charge on any atom is 0.126 e. The van der Waals surface area contributed by atoms with Gasteiger partial charge in [-0.1, -0.05) is 41.4 Å². The average Bonchev–Trinajstić information content (AvgIpc) is 2.40. The second-order valence-corrected chi connectivity index (χ2v) is 5.48. The van der Waals surface area contributed by atoms with E-state index in [1.807, 2.05) is 18.2 Å². The molecule has 1 aliphatic heterocycles. The molecule has 0 amide bonds. The highest BCUT2D eigenvalue weighted by Crippen LogP contribution is 2.40. The molecule has 0 saturated carbocycles. The van der Waals surface area contributed by atoms with E-state index in [9.17, 15) is 0 Å². The van der Waals surface area contributed by atoms with Gasteiger partial charge in [-0.3, -0.25) is 0 Å². The largest absolute Gasteiger partial charge is 0.485 e. The molecule has 1 aliphatic rings. The first kappa shape index (κ1) is 12.5. The van der Waals surface area contributed by atoms with Gasteiger partial charge in [0.05, 0.1) is 0 Å². The summed E-state index contributed by atoms with van der Waals surface area (Å²) in [5.41, 5.74) is 9.64. The topological polar surface area (TPSA) is 35.2 Å². The first-order chi connectivity index (χ1) is 9.13. The lowest BCUT2D eigenvalue weighted by molar-refractivity contribution is 0.161. The second kappa shape index (κ2) is 4.87. The zero-order chi connectivity index (χ0) is 13.4. The lowest BCUT2D eigenvalue weighted by atomic mass is 9.93. The minimum absolute atomic E-state index is 0.0178. The van der Waals surface area contributed by atoms with Crippen molar-refractivity contribution in [3.05, 3.63) is 64.2 Å². The van der Waals surface area contributed by atoms with Crippen LogP contribution in [0.2, 0.25) is 5.02 Å². The van der Waals surface area contributed by atoms with Crippen molar-refractivity contribution < 1.29 is 4.74 Å². The van der Waals surface area contributed by atoms with Crippen LogP contribution in [0, 0.1) is 6.92 Å². The third-order valence-electron chi connectivity index (χ3n) is 3.56. The molecule has 0 bridgehead atoms. The number of halogens is 1. The van der Waals surface area contributed by atoms with Crippen molar-refractivity contribution in [2.45, 2.75) is 25.5 Å². The quantitative estimate of drug-likeness (QED) is 0.846. The van der Waals surface area contributed by atoms with Crippen LogP contribution in [0.25, 0.3) is 0 Å².